The summed E-state index contributed by atoms with van der Waals surface area (Å²) in [5.41, 5.74) is 8.53. The standard InChI is InChI=1S/C48H65N7O10S/c1-31(2)27-38(44(57)53-43(32(3)4)46(59)52-39(47(60)61)29-35-17-10-7-11-18-35)51-42(56)30-50-45(58)40-19-14-25-55(40)41(54-66(63,64)36-23-21-33(5)22-24-36)20-12-13-26-65-48(62)37(49)28-34-15-8-6-9-16-34/h6-11,15-18,21-24,31-32,37-40,43H,12-14,19-20,25-30,49H2,1-5H3,(H,50,58)(H,51,56)(H,52,59)(H,53,57)(H,60,61)/b54-41+/t37-,38+,39+,40-,43+/m0/s1. The number of carbonyl (C=O) groups excluding carboxylic acids is 5. The Hall–Kier alpha value is -6.14. The van der Waals surface area contributed by atoms with Gasteiger partial charge in [0.25, 0.3) is 10.0 Å². The average molecular weight is 932 g/mol. The molecule has 7 N–H and O–H groups in total. The Labute approximate surface area is 387 Å². The van der Waals surface area contributed by atoms with Crippen LogP contribution in [-0.4, -0.2) is 110 Å². The second-order valence-electron chi connectivity index (χ2n) is 17.4. The van der Waals surface area contributed by atoms with Crippen LogP contribution in [0.25, 0.3) is 0 Å². The molecule has 3 aromatic rings. The van der Waals surface area contributed by atoms with Gasteiger partial charge in [-0.3, -0.25) is 24.0 Å². The van der Waals surface area contributed by atoms with Crippen LogP contribution < -0.4 is 27.0 Å². The second kappa shape index (κ2) is 25.5. The minimum Gasteiger partial charge on any atom is -0.480 e. The third-order valence-corrected chi connectivity index (χ3v) is 12.3. The van der Waals surface area contributed by atoms with Crippen molar-refractivity contribution in [2.45, 2.75) is 121 Å². The SMILES string of the molecule is Cc1ccc(S(=O)(=O)/N=C(\CCCCOC(=O)[C@@H](N)Cc2ccccc2)N2CCC[C@H]2C(=O)NCC(=O)N[C@H](CC(C)C)C(=O)N[C@@H](C(=O)N[C@H](Cc2ccccc2)C(=O)O)C(C)C)cc1. The highest BCUT2D eigenvalue weighted by Crippen LogP contribution is 2.23. The van der Waals surface area contributed by atoms with E-state index in [2.05, 4.69) is 25.7 Å². The van der Waals surface area contributed by atoms with Crippen molar-refractivity contribution in [1.82, 2.24) is 26.2 Å². The molecular formula is C48H65N7O10S. The van der Waals surface area contributed by atoms with Gasteiger partial charge in [0.1, 0.15) is 36.0 Å². The molecule has 0 unspecified atom stereocenters. The van der Waals surface area contributed by atoms with Gasteiger partial charge in [0.05, 0.1) is 18.0 Å². The maximum Gasteiger partial charge on any atom is 0.326 e. The van der Waals surface area contributed by atoms with E-state index in [4.69, 9.17) is 10.5 Å². The number of rotatable bonds is 24. The van der Waals surface area contributed by atoms with Crippen LogP contribution in [0, 0.1) is 18.8 Å². The number of nitrogens with two attached hydrogens (primary N) is 1. The predicted molar refractivity (Wildman–Crippen MR) is 249 cm³/mol. The van der Waals surface area contributed by atoms with Crippen molar-refractivity contribution in [2.75, 3.05) is 19.7 Å². The van der Waals surface area contributed by atoms with Crippen LogP contribution in [0.1, 0.15) is 82.9 Å². The zero-order chi connectivity index (χ0) is 48.4. The summed E-state index contributed by atoms with van der Waals surface area (Å²) in [7, 11) is -4.20. The van der Waals surface area contributed by atoms with Crippen molar-refractivity contribution in [1.29, 1.82) is 0 Å². The normalized spacial score (nSPS) is 15.9. The second-order valence-corrected chi connectivity index (χ2v) is 19.0. The molecule has 66 heavy (non-hydrogen) atoms. The molecule has 0 radical (unpaired) electrons. The quantitative estimate of drug-likeness (QED) is 0.0327. The fourth-order valence-corrected chi connectivity index (χ4v) is 8.50. The molecule has 0 bridgehead atoms. The first kappa shape index (κ1) is 52.5. The largest absolute Gasteiger partial charge is 0.480 e. The van der Waals surface area contributed by atoms with E-state index < -0.39 is 88.3 Å². The summed E-state index contributed by atoms with van der Waals surface area (Å²) >= 11 is 0. The molecule has 0 spiro atoms. The lowest BCUT2D eigenvalue weighted by Crippen LogP contribution is -2.58. The van der Waals surface area contributed by atoms with Crippen LogP contribution in [0.2, 0.25) is 0 Å². The van der Waals surface area contributed by atoms with Crippen LogP contribution >= 0.6 is 0 Å². The van der Waals surface area contributed by atoms with Gasteiger partial charge < -0.3 is 41.7 Å². The number of carboxylic acids is 1. The van der Waals surface area contributed by atoms with Crippen molar-refractivity contribution < 1.29 is 47.0 Å². The third-order valence-electron chi connectivity index (χ3n) is 11.0. The highest BCUT2D eigenvalue weighted by molar-refractivity contribution is 7.90. The number of benzene rings is 3. The summed E-state index contributed by atoms with van der Waals surface area (Å²) in [5, 5.41) is 20.4. The van der Waals surface area contributed by atoms with Gasteiger partial charge in [-0.15, -0.1) is 4.40 Å². The van der Waals surface area contributed by atoms with Gasteiger partial charge in [-0.1, -0.05) is 106 Å². The fraction of sp³-hybridized carbons (Fsp3) is 0.479. The van der Waals surface area contributed by atoms with Crippen molar-refractivity contribution in [3.63, 3.8) is 0 Å². The number of hydrogen-bond donors (Lipinski definition) is 6. The first-order valence-electron chi connectivity index (χ1n) is 22.4. The van der Waals surface area contributed by atoms with Crippen LogP contribution in [0.4, 0.5) is 0 Å². The minimum atomic E-state index is -4.20. The van der Waals surface area contributed by atoms with Gasteiger partial charge >= 0.3 is 11.9 Å². The first-order chi connectivity index (χ1) is 31.3. The van der Waals surface area contributed by atoms with Crippen LogP contribution in [0.15, 0.2) is 94.2 Å². The molecule has 18 heteroatoms. The van der Waals surface area contributed by atoms with Crippen molar-refractivity contribution >= 4 is 51.4 Å². The van der Waals surface area contributed by atoms with Crippen LogP contribution in [0.3, 0.4) is 0 Å². The molecule has 17 nitrogen and oxygen atoms in total. The summed E-state index contributed by atoms with van der Waals surface area (Å²) in [5.74, 6) is -4.74. The Bertz CT molecular complexity index is 2240. The number of esters is 1. The molecule has 1 saturated heterocycles. The van der Waals surface area contributed by atoms with Gasteiger partial charge in [-0.25, -0.2) is 4.79 Å². The minimum absolute atomic E-state index is 0.0170. The Morgan fingerprint density at radius 2 is 1.44 bits per heavy atom. The summed E-state index contributed by atoms with van der Waals surface area (Å²) in [4.78, 5) is 80.5. The van der Waals surface area contributed by atoms with E-state index in [9.17, 15) is 42.3 Å². The number of nitrogens with one attached hydrogen (secondary N) is 4. The number of hydrogen-bond acceptors (Lipinski definition) is 10. The number of amidine groups is 1. The third kappa shape index (κ3) is 16.7. The monoisotopic (exact) mass is 931 g/mol. The van der Waals surface area contributed by atoms with Crippen molar-refractivity contribution in [3.05, 3.63) is 102 Å². The van der Waals surface area contributed by atoms with Gasteiger partial charge in [0, 0.05) is 19.4 Å². The highest BCUT2D eigenvalue weighted by Gasteiger charge is 2.35. The van der Waals surface area contributed by atoms with Crippen molar-refractivity contribution in [3.8, 4) is 0 Å². The molecule has 1 aliphatic rings. The zero-order valence-electron chi connectivity index (χ0n) is 38.4. The zero-order valence-corrected chi connectivity index (χ0v) is 39.2. The molecule has 358 valence electrons. The average Bonchev–Trinajstić information content (AvgIpc) is 3.77. The van der Waals surface area contributed by atoms with E-state index in [0.717, 1.165) is 11.1 Å². The lowest BCUT2D eigenvalue weighted by Gasteiger charge is -2.28. The molecule has 1 fully saturated rings. The van der Waals surface area contributed by atoms with E-state index in [1.54, 1.807) is 61.2 Å². The number of likely N-dealkylation sites (tertiary alicyclic amines) is 1. The number of carbonyl (C=O) groups is 6. The molecule has 4 amide bonds. The van der Waals surface area contributed by atoms with Gasteiger partial charge in [0.2, 0.25) is 23.6 Å². The topological polar surface area (TPSA) is 256 Å². The fourth-order valence-electron chi connectivity index (χ4n) is 7.44. The number of aliphatic carboxylic acids is 1. The molecule has 0 aliphatic carbocycles. The van der Waals surface area contributed by atoms with Crippen molar-refractivity contribution in [2.24, 2.45) is 22.0 Å². The number of ether oxygens (including phenoxy) is 1. The Morgan fingerprint density at radius 1 is 0.818 bits per heavy atom. The van der Waals surface area contributed by atoms with E-state index in [1.807, 2.05) is 51.1 Å². The molecule has 3 aromatic carbocycles. The summed E-state index contributed by atoms with van der Waals surface area (Å²) < 4.78 is 36.8. The lowest BCUT2D eigenvalue weighted by molar-refractivity contribution is -0.145. The number of nitrogens with zero attached hydrogens (tertiary/aromatic N) is 2. The van der Waals surface area contributed by atoms with E-state index in [0.29, 0.717) is 44.2 Å². The molecule has 5 atom stereocenters. The number of aryl methyl sites for hydroxylation is 1. The van der Waals surface area contributed by atoms with Gasteiger partial charge in [0.15, 0.2) is 0 Å². The summed E-state index contributed by atoms with van der Waals surface area (Å²) in [6, 6.07) is 19.2. The summed E-state index contributed by atoms with van der Waals surface area (Å²) in [6.07, 6.45) is 2.27. The number of sulfonamides is 1. The lowest BCUT2D eigenvalue weighted by atomic mass is 9.99. The van der Waals surface area contributed by atoms with Gasteiger partial charge in [-0.2, -0.15) is 8.42 Å². The summed E-state index contributed by atoms with van der Waals surface area (Å²) in [6.45, 7) is 8.78. The van der Waals surface area contributed by atoms with E-state index in [1.165, 1.54) is 12.1 Å². The highest BCUT2D eigenvalue weighted by atomic mass is 32.2. The number of unbranched alkanes of at least 4 members (excludes halogenated alkanes) is 1. The molecule has 0 aromatic heterocycles. The number of carboxylic acid groups (broad SMARTS) is 1. The molecule has 1 aliphatic heterocycles. The maximum absolute atomic E-state index is 13.8. The first-order valence-corrected chi connectivity index (χ1v) is 23.9. The Morgan fingerprint density at radius 3 is 2.03 bits per heavy atom. The van der Waals surface area contributed by atoms with Gasteiger partial charge in [-0.05, 0) is 80.5 Å². The van der Waals surface area contributed by atoms with E-state index in [-0.39, 0.29) is 42.5 Å². The Balaban J connectivity index is 1.39. The van der Waals surface area contributed by atoms with Crippen LogP contribution in [0.5, 0.6) is 0 Å². The molecule has 1 heterocycles. The van der Waals surface area contributed by atoms with Crippen LogP contribution in [-0.2, 0) is 56.4 Å². The smallest absolute Gasteiger partial charge is 0.326 e. The number of amides is 4. The van der Waals surface area contributed by atoms with E-state index >= 15 is 0 Å². The Kier molecular flexibility index (Phi) is 20.3. The maximum atomic E-state index is 13.8. The molecule has 4 rings (SSSR count). The molecule has 0 saturated carbocycles. The predicted octanol–water partition coefficient (Wildman–Crippen LogP) is 3.43. The molecular weight excluding hydrogens is 867 g/mol.